The van der Waals surface area contributed by atoms with Crippen LogP contribution in [0.3, 0.4) is 0 Å². The summed E-state index contributed by atoms with van der Waals surface area (Å²) < 4.78 is 39.9. The number of anilines is 2. The molecule has 1 fully saturated rings. The van der Waals surface area contributed by atoms with Crippen molar-refractivity contribution in [2.45, 2.75) is 50.7 Å². The fourth-order valence-corrected chi connectivity index (χ4v) is 61.0. The molecule has 2 aromatic carbocycles. The van der Waals surface area contributed by atoms with Crippen molar-refractivity contribution < 1.29 is 34.2 Å². The smallest absolute Gasteiger partial charge is 0.336 e. The van der Waals surface area contributed by atoms with Crippen molar-refractivity contribution in [1.29, 1.82) is 5.26 Å². The number of nitrogen functional groups attached to an aromatic ring is 1. The molecule has 36 heteroatoms. The van der Waals surface area contributed by atoms with Crippen LogP contribution < -0.4 is 22.1 Å². The quantitative estimate of drug-likeness (QED) is 0.196. The van der Waals surface area contributed by atoms with Crippen LogP contribution in [-0.4, -0.2) is 54.2 Å². The second-order valence-electron chi connectivity index (χ2n) is 14.0. The minimum Gasteiger partial charge on any atom is -0.466 e. The molecule has 0 radical (unpaired) electrons. The van der Waals surface area contributed by atoms with Gasteiger partial charge in [0.25, 0.3) is 0 Å². The van der Waals surface area contributed by atoms with E-state index < -0.39 is 11.9 Å². The highest BCUT2D eigenvalue weighted by Gasteiger charge is 2.37. The lowest BCUT2D eigenvalue weighted by molar-refractivity contribution is -0.137. The topological polar surface area (TPSA) is 182 Å². The normalized spacial score (nSPS) is 15.9. The molecule has 11 nitrogen and oxygen atoms in total. The first-order valence-corrected chi connectivity index (χ1v) is 52.5. The number of thioether (sulfide) groups is 2. The van der Waals surface area contributed by atoms with Gasteiger partial charge in [-0.25, -0.2) is 14.6 Å². The maximum Gasteiger partial charge on any atom is 0.336 e. The monoisotopic (exact) mass is 1500 g/mol. The number of carbonyl (C=O) groups excluding carboxylic acids is 3. The van der Waals surface area contributed by atoms with Gasteiger partial charge in [0.2, 0.25) is 0 Å². The number of allylic oxidation sites excluding steroid dienone is 3. The van der Waals surface area contributed by atoms with Gasteiger partial charge >= 0.3 is 11.9 Å². The van der Waals surface area contributed by atoms with Gasteiger partial charge in [-0.3, -0.25) is 4.79 Å². The number of nitriles is 1. The molecule has 0 amide bonds. The SMILES string of the molecule is COC(=O)C1=C(C)NC(N)=C(C#N)C1c1ccccc1.COC(=O)C1=C(C)Nc2nc3c(c(N)c2C1c1ccccc1)CSCC3.O=C1CCSCC1.S=S=S=S=S=S=S=S=S=S=S=S=S=S=S=S=S=S=S=S=S=S=S.[2HH].[2H][2H].[2H][2H].[2H][2H]. The van der Waals surface area contributed by atoms with Crippen LogP contribution in [0.15, 0.2) is 94.6 Å². The molecule has 0 bridgehead atoms. The molecule has 5 heterocycles. The number of nitrogens with two attached hydrogens (primary N) is 2. The summed E-state index contributed by atoms with van der Waals surface area (Å²) in [6.07, 6.45) is 2.54. The Hall–Kier alpha value is -0.130. The summed E-state index contributed by atoms with van der Waals surface area (Å²) in [6.45, 7) is 3.63. The number of pyridine rings is 1. The first-order valence-electron chi connectivity index (χ1n) is 23.9. The number of benzene rings is 2. The molecule has 2 atom stereocenters. The molecule has 0 saturated carbocycles. The number of aryl methyl sites for hydroxylation is 1. The first-order chi connectivity index (χ1) is 40.0. The average Bonchev–Trinajstić information content (AvgIpc) is 2.02. The Morgan fingerprint density at radius 2 is 1.07 bits per heavy atom. The van der Waals surface area contributed by atoms with E-state index >= 15 is 0 Å². The van der Waals surface area contributed by atoms with Crippen LogP contribution in [0.2, 0.25) is 0 Å². The number of Topliss-reactive ketones (excluding diaryl/α,β-unsaturated/α-hetero) is 1. The van der Waals surface area contributed by atoms with Crippen LogP contribution in [0.25, 0.3) is 0 Å². The summed E-state index contributed by atoms with van der Waals surface area (Å²) in [5, 5.41) is 15.5. The van der Waals surface area contributed by atoms with E-state index in [-0.39, 0.29) is 19.1 Å². The zero-order valence-corrected chi connectivity index (χ0v) is 60.1. The lowest BCUT2D eigenvalue weighted by Crippen LogP contribution is -2.32. The molecule has 422 valence electrons. The van der Waals surface area contributed by atoms with Gasteiger partial charge in [0.1, 0.15) is 17.4 Å². The van der Waals surface area contributed by atoms with Gasteiger partial charge < -0.3 is 31.6 Å². The van der Waals surface area contributed by atoms with Crippen molar-refractivity contribution in [3.63, 3.8) is 0 Å². The molecular formula is C40H52N6O5S25. The second kappa shape index (κ2) is 41.0. The number of esters is 2. The largest absolute Gasteiger partial charge is 0.466 e. The van der Waals surface area contributed by atoms with E-state index in [9.17, 15) is 19.6 Å². The van der Waals surface area contributed by atoms with Gasteiger partial charge in [0, 0.05) is 289 Å². The second-order valence-corrected chi connectivity index (χ2v) is 53.5. The molecule has 2 unspecified atom stereocenters. The lowest BCUT2D eigenvalue weighted by Gasteiger charge is -2.32. The van der Waals surface area contributed by atoms with Crippen molar-refractivity contribution in [3.05, 3.63) is 123 Å². The number of ketones is 1. The number of aromatic nitrogens is 1. The summed E-state index contributed by atoms with van der Waals surface area (Å²) in [5.74, 6) is 3.89. The lowest BCUT2D eigenvalue weighted by atomic mass is 9.80. The Morgan fingerprint density at radius 3 is 1.47 bits per heavy atom. The number of hydrogen-bond donors (Lipinski definition) is 4. The summed E-state index contributed by atoms with van der Waals surface area (Å²) in [6, 6.07) is 21.3. The van der Waals surface area contributed by atoms with Crippen molar-refractivity contribution in [2.75, 3.05) is 42.5 Å². The molecule has 6 N–H and O–H groups in total. The van der Waals surface area contributed by atoms with Gasteiger partial charge in [0.15, 0.2) is 0 Å². The van der Waals surface area contributed by atoms with Gasteiger partial charge in [-0.2, -0.15) is 28.8 Å². The minimum atomic E-state index is -0.505. The molecule has 7 rings (SSSR count). The Balaban J connectivity index is 0.00000110. The van der Waals surface area contributed by atoms with E-state index in [0.717, 1.165) is 87.4 Å². The zero-order valence-electron chi connectivity index (χ0n) is 45.7. The van der Waals surface area contributed by atoms with Crippen molar-refractivity contribution in [3.8, 4) is 6.07 Å². The molecule has 1 aromatic heterocycles. The zero-order chi connectivity index (χ0) is 60.9. The van der Waals surface area contributed by atoms with Crippen molar-refractivity contribution in [1.82, 2.24) is 10.3 Å². The number of fused-ring (bicyclic) bond motifs is 2. The average molecular weight is 1510 g/mol. The Bertz CT molecular complexity index is 3740. The van der Waals surface area contributed by atoms with Crippen molar-refractivity contribution in [2.24, 2.45) is 5.73 Å². The van der Waals surface area contributed by atoms with Crippen LogP contribution in [0.5, 0.6) is 0 Å². The number of ether oxygens (including phenoxy) is 2. The molecule has 4 aliphatic rings. The van der Waals surface area contributed by atoms with E-state index in [2.05, 4.69) is 16.7 Å². The Labute approximate surface area is 531 Å². The number of hydrogen-bond acceptors (Lipinski definition) is 15. The van der Waals surface area contributed by atoms with Gasteiger partial charge in [-0.05, 0) is 37.1 Å². The van der Waals surface area contributed by atoms with Crippen LogP contribution >= 0.6 is 23.5 Å². The van der Waals surface area contributed by atoms with E-state index in [4.69, 9.17) is 57.2 Å². The number of dihydropyridines is 1. The third-order valence-corrected chi connectivity index (χ3v) is 56.3. The Morgan fingerprint density at radius 1 is 0.658 bits per heavy atom. The third-order valence-electron chi connectivity index (χ3n) is 9.88. The van der Waals surface area contributed by atoms with Crippen LogP contribution in [-0.2, 0) is 245 Å². The van der Waals surface area contributed by atoms with Crippen LogP contribution in [0, 0.1) is 11.3 Å². The van der Waals surface area contributed by atoms with E-state index in [1.54, 1.807) is 149 Å². The summed E-state index contributed by atoms with van der Waals surface area (Å²) in [5.41, 5.74) is 20.8. The maximum atomic E-state index is 12.6. The number of nitrogens with one attached hydrogen (secondary N) is 2. The standard InChI is InChI=1S/C20H21N3O2S.C15H15N3O2.C5H8OS.S23.4H2/c1-11-15(20(24)25-2)16(12-6-4-3-5-7-12)17-18(21)13-10-26-9-8-14(13)23-19(17)22-11;1-9-12(15(19)20-2)13(10-6-4-3-5-7-10)11(8-16)14(17)18-9;6-5-1-3-7-4-2-5;1-3-5-7-9-11-13-15-17-19-21-23-22-20-18-16-14-12-10-8-6-4-2;;;;/h3-7,16H,8-10H2,1-2H3,(H3,21,22,23);3-7,13,18H,17H2,1-2H3;1-4H2;;4*1H/i;;;;3*1+1D;1+1. The summed E-state index contributed by atoms with van der Waals surface area (Å²) in [4.78, 5) is 39.9. The summed E-state index contributed by atoms with van der Waals surface area (Å²) in [7, 11) is 39.0. The highest BCUT2D eigenvalue weighted by atomic mass is 33.5. The van der Waals surface area contributed by atoms with E-state index in [1.165, 1.54) is 32.0 Å². The van der Waals surface area contributed by atoms with Gasteiger partial charge in [0.05, 0.1) is 42.9 Å². The molecule has 4 aliphatic heterocycles. The third kappa shape index (κ3) is 23.6. The number of rotatable bonds is 4. The first kappa shape index (κ1) is 63.5. The maximum absolute atomic E-state index is 12.6. The molecular weight excluding hydrogens is 1450 g/mol. The van der Waals surface area contributed by atoms with E-state index in [1.807, 2.05) is 118 Å². The Kier molecular flexibility index (Phi) is 34.2. The fraction of sp³-hybridized carbons (Fsp3) is 0.325. The van der Waals surface area contributed by atoms with Crippen molar-refractivity contribution >= 4 is 262 Å². The highest BCUT2D eigenvalue weighted by Crippen LogP contribution is 2.47. The van der Waals surface area contributed by atoms with Crippen LogP contribution in [0.4, 0.5) is 11.5 Å². The van der Waals surface area contributed by atoms with Gasteiger partial charge in [-0.1, -0.05) is 60.7 Å². The highest BCUT2D eigenvalue weighted by molar-refractivity contribution is 8.78. The molecule has 76 heavy (non-hydrogen) atoms. The van der Waals surface area contributed by atoms with E-state index in [0.29, 0.717) is 28.2 Å². The molecule has 0 spiro atoms. The predicted molar refractivity (Wildman–Crippen MR) is 388 cm³/mol. The van der Waals surface area contributed by atoms with Crippen LogP contribution in [0.1, 0.15) is 76.8 Å². The molecule has 3 aromatic rings. The van der Waals surface area contributed by atoms with Gasteiger partial charge in [-0.15, -0.1) is 0 Å². The fourth-order valence-electron chi connectivity index (χ4n) is 6.92. The number of nitrogens with zero attached hydrogens (tertiary/aromatic N) is 2. The number of methoxy groups -OCH3 is 2. The number of carbonyl (C=O) groups is 3. The predicted octanol–water partition coefficient (Wildman–Crippen LogP) is 6.98. The molecule has 0 aliphatic carbocycles. The molecule has 1 saturated heterocycles. The minimum absolute atomic E-state index is 0. The summed E-state index contributed by atoms with van der Waals surface area (Å²) >= 11 is 13.3.